The van der Waals surface area contributed by atoms with Gasteiger partial charge in [0.15, 0.2) is 5.13 Å². The number of nitrogens with zero attached hydrogens (tertiary/aromatic N) is 2. The number of aryl methyl sites for hydroxylation is 1. The van der Waals surface area contributed by atoms with Crippen LogP contribution in [0.3, 0.4) is 0 Å². The number of aliphatic carboxylic acids is 1. The third-order valence-electron chi connectivity index (χ3n) is 3.32. The van der Waals surface area contributed by atoms with E-state index in [-0.39, 0.29) is 6.42 Å². The largest absolute Gasteiger partial charge is 0.481 e. The highest BCUT2D eigenvalue weighted by molar-refractivity contribution is 7.13. The summed E-state index contributed by atoms with van der Waals surface area (Å²) in [5.41, 5.74) is 0.914. The van der Waals surface area contributed by atoms with E-state index in [4.69, 9.17) is 5.11 Å². The van der Waals surface area contributed by atoms with Crippen LogP contribution >= 0.6 is 11.3 Å². The molecule has 0 aromatic carbocycles. The highest BCUT2D eigenvalue weighted by Crippen LogP contribution is 2.34. The van der Waals surface area contributed by atoms with Gasteiger partial charge in [-0.3, -0.25) is 4.79 Å². The summed E-state index contributed by atoms with van der Waals surface area (Å²) in [6.45, 7) is 5.55. The van der Waals surface area contributed by atoms with Gasteiger partial charge in [-0.05, 0) is 25.2 Å². The van der Waals surface area contributed by atoms with Crippen molar-refractivity contribution in [1.29, 1.82) is 0 Å². The van der Waals surface area contributed by atoms with E-state index < -0.39 is 5.97 Å². The summed E-state index contributed by atoms with van der Waals surface area (Å²) in [5, 5.41) is 11.8. The predicted molar refractivity (Wildman–Crippen MR) is 77.9 cm³/mol. The fourth-order valence-electron chi connectivity index (χ4n) is 2.00. The molecule has 1 heterocycles. The van der Waals surface area contributed by atoms with E-state index in [9.17, 15) is 4.79 Å². The average Bonchev–Trinajstić information content (AvgIpc) is 3.05. The molecule has 19 heavy (non-hydrogen) atoms. The van der Waals surface area contributed by atoms with Gasteiger partial charge in [-0.15, -0.1) is 11.3 Å². The van der Waals surface area contributed by atoms with Crippen molar-refractivity contribution in [2.75, 3.05) is 11.4 Å². The summed E-state index contributed by atoms with van der Waals surface area (Å²) in [4.78, 5) is 17.6. The van der Waals surface area contributed by atoms with Crippen LogP contribution in [0, 0.1) is 5.92 Å². The minimum Gasteiger partial charge on any atom is -0.481 e. The van der Waals surface area contributed by atoms with E-state index in [1.165, 1.54) is 19.3 Å². The summed E-state index contributed by atoms with van der Waals surface area (Å²) >= 11 is 1.65. The zero-order valence-electron chi connectivity index (χ0n) is 11.6. The maximum absolute atomic E-state index is 10.6. The number of carboxylic acids is 1. The van der Waals surface area contributed by atoms with E-state index >= 15 is 0 Å². The monoisotopic (exact) mass is 282 g/mol. The number of carboxylic acid groups (broad SMARTS) is 1. The maximum Gasteiger partial charge on any atom is 0.303 e. The lowest BCUT2D eigenvalue weighted by Crippen LogP contribution is -2.27. The zero-order valence-corrected chi connectivity index (χ0v) is 12.4. The van der Waals surface area contributed by atoms with Gasteiger partial charge in [-0.2, -0.15) is 0 Å². The Morgan fingerprint density at radius 2 is 2.32 bits per heavy atom. The Bertz CT molecular complexity index is 427. The van der Waals surface area contributed by atoms with Crippen molar-refractivity contribution >= 4 is 22.4 Å². The summed E-state index contributed by atoms with van der Waals surface area (Å²) in [6.07, 6.45) is 4.41. The molecule has 5 heteroatoms. The van der Waals surface area contributed by atoms with Crippen LogP contribution in [0.15, 0.2) is 5.38 Å². The Hall–Kier alpha value is -1.10. The first-order valence-corrected chi connectivity index (χ1v) is 7.87. The van der Waals surface area contributed by atoms with Gasteiger partial charge in [0.1, 0.15) is 0 Å². The predicted octanol–water partition coefficient (Wildman–Crippen LogP) is 3.18. The molecule has 4 nitrogen and oxygen atoms in total. The topological polar surface area (TPSA) is 53.4 Å². The lowest BCUT2D eigenvalue weighted by molar-refractivity contribution is -0.136. The third kappa shape index (κ3) is 4.49. The molecule has 1 aliphatic carbocycles. The molecule has 1 aromatic rings. The van der Waals surface area contributed by atoms with Crippen LogP contribution < -0.4 is 4.90 Å². The molecule has 0 unspecified atom stereocenters. The molecule has 0 aliphatic heterocycles. The number of thiazole rings is 1. The first-order chi connectivity index (χ1) is 9.06. The summed E-state index contributed by atoms with van der Waals surface area (Å²) in [6, 6.07) is 0.664. The van der Waals surface area contributed by atoms with Crippen molar-refractivity contribution in [3.63, 3.8) is 0 Å². The SMILES string of the molecule is CC(C)CCN(c1nc(CCC(=O)O)cs1)C1CC1. The number of hydrogen-bond donors (Lipinski definition) is 1. The van der Waals surface area contributed by atoms with Crippen molar-refractivity contribution < 1.29 is 9.90 Å². The quantitative estimate of drug-likeness (QED) is 0.795. The molecule has 0 spiro atoms. The molecular formula is C14H22N2O2S. The second-order valence-corrected chi connectivity index (χ2v) is 6.46. The fraction of sp³-hybridized carbons (Fsp3) is 0.714. The minimum absolute atomic E-state index is 0.165. The van der Waals surface area contributed by atoms with Crippen molar-refractivity contribution in [3.05, 3.63) is 11.1 Å². The summed E-state index contributed by atoms with van der Waals surface area (Å²) in [7, 11) is 0. The molecule has 0 saturated heterocycles. The third-order valence-corrected chi connectivity index (χ3v) is 4.24. The Morgan fingerprint density at radius 3 is 2.89 bits per heavy atom. The summed E-state index contributed by atoms with van der Waals surface area (Å²) < 4.78 is 0. The molecule has 1 saturated carbocycles. The van der Waals surface area contributed by atoms with E-state index in [2.05, 4.69) is 23.7 Å². The molecule has 0 radical (unpaired) electrons. The van der Waals surface area contributed by atoms with E-state index in [1.807, 2.05) is 5.38 Å². The first-order valence-electron chi connectivity index (χ1n) is 6.99. The van der Waals surface area contributed by atoms with Crippen molar-refractivity contribution in [1.82, 2.24) is 4.98 Å². The first kappa shape index (κ1) is 14.3. The van der Waals surface area contributed by atoms with E-state index in [0.717, 1.165) is 17.4 Å². The maximum atomic E-state index is 10.6. The van der Waals surface area contributed by atoms with Crippen molar-refractivity contribution in [2.24, 2.45) is 5.92 Å². The van der Waals surface area contributed by atoms with Crippen LogP contribution in [0.1, 0.15) is 45.2 Å². The smallest absolute Gasteiger partial charge is 0.303 e. The zero-order chi connectivity index (χ0) is 13.8. The van der Waals surface area contributed by atoms with Crippen LogP contribution in [0.25, 0.3) is 0 Å². The number of hydrogen-bond acceptors (Lipinski definition) is 4. The van der Waals surface area contributed by atoms with E-state index in [1.54, 1.807) is 11.3 Å². The molecule has 0 bridgehead atoms. The Labute approximate surface area is 118 Å². The van der Waals surface area contributed by atoms with Gasteiger partial charge in [-0.1, -0.05) is 13.8 Å². The Morgan fingerprint density at radius 1 is 1.58 bits per heavy atom. The second kappa shape index (κ2) is 6.37. The van der Waals surface area contributed by atoms with Crippen molar-refractivity contribution in [2.45, 2.75) is 52.0 Å². The minimum atomic E-state index is -0.756. The summed E-state index contributed by atoms with van der Waals surface area (Å²) in [5.74, 6) is -0.0545. The Balaban J connectivity index is 1.95. The van der Waals surface area contributed by atoms with Crippen LogP contribution in [-0.4, -0.2) is 28.6 Å². The fourth-order valence-corrected chi connectivity index (χ4v) is 2.95. The highest BCUT2D eigenvalue weighted by Gasteiger charge is 2.30. The van der Waals surface area contributed by atoms with Crippen molar-refractivity contribution in [3.8, 4) is 0 Å². The van der Waals surface area contributed by atoms with Gasteiger partial charge in [0.25, 0.3) is 0 Å². The van der Waals surface area contributed by atoms with Crippen LogP contribution in [-0.2, 0) is 11.2 Å². The van der Waals surface area contributed by atoms with Gasteiger partial charge in [0, 0.05) is 24.4 Å². The molecule has 1 fully saturated rings. The number of aromatic nitrogens is 1. The number of anilines is 1. The highest BCUT2D eigenvalue weighted by atomic mass is 32.1. The molecule has 106 valence electrons. The van der Waals surface area contributed by atoms with Gasteiger partial charge >= 0.3 is 5.97 Å². The van der Waals surface area contributed by atoms with Gasteiger partial charge in [0.05, 0.1) is 12.1 Å². The Kier molecular flexibility index (Phi) is 4.80. The molecule has 0 amide bonds. The van der Waals surface area contributed by atoms with Gasteiger partial charge < -0.3 is 10.0 Å². The second-order valence-electron chi connectivity index (χ2n) is 5.62. The van der Waals surface area contributed by atoms with Crippen LogP contribution in [0.2, 0.25) is 0 Å². The average molecular weight is 282 g/mol. The number of carbonyl (C=O) groups is 1. The van der Waals surface area contributed by atoms with E-state index in [0.29, 0.717) is 18.4 Å². The lowest BCUT2D eigenvalue weighted by atomic mass is 10.1. The molecule has 2 rings (SSSR count). The van der Waals surface area contributed by atoms with Crippen LogP contribution in [0.5, 0.6) is 0 Å². The van der Waals surface area contributed by atoms with Gasteiger partial charge in [-0.25, -0.2) is 4.98 Å². The molecule has 1 aromatic heterocycles. The van der Waals surface area contributed by atoms with Gasteiger partial charge in [0.2, 0.25) is 0 Å². The molecule has 1 aliphatic rings. The van der Waals surface area contributed by atoms with Crippen LogP contribution in [0.4, 0.5) is 5.13 Å². The standard InChI is InChI=1S/C14H22N2O2S/c1-10(2)7-8-16(12-4-5-12)14-15-11(9-19-14)3-6-13(17)18/h9-10,12H,3-8H2,1-2H3,(H,17,18). The lowest BCUT2D eigenvalue weighted by Gasteiger charge is -2.22. The molecular weight excluding hydrogens is 260 g/mol. The molecule has 0 atom stereocenters. The number of rotatable bonds is 8. The normalized spacial score (nSPS) is 14.9. The molecule has 1 N–H and O–H groups in total.